The number of carbonyl (C=O) groups is 2. The van der Waals surface area contributed by atoms with Crippen LogP contribution in [0, 0.1) is 5.82 Å². The summed E-state index contributed by atoms with van der Waals surface area (Å²) in [6.07, 6.45) is 1.87. The number of aromatic nitrogens is 2. The fourth-order valence-corrected chi connectivity index (χ4v) is 6.13. The van der Waals surface area contributed by atoms with Crippen molar-refractivity contribution in [2.24, 2.45) is 0 Å². The molecule has 38 heavy (non-hydrogen) atoms. The Morgan fingerprint density at radius 1 is 1.03 bits per heavy atom. The molecule has 2 heterocycles. The molecule has 6 rings (SSSR count). The molecule has 1 atom stereocenters. The zero-order valence-electron chi connectivity index (χ0n) is 20.3. The minimum absolute atomic E-state index is 0.0706. The van der Waals surface area contributed by atoms with Crippen LogP contribution < -0.4 is 10.2 Å². The van der Waals surface area contributed by atoms with Crippen LogP contribution in [0.2, 0.25) is 5.02 Å². The predicted octanol–water partition coefficient (Wildman–Crippen LogP) is 5.78. The summed E-state index contributed by atoms with van der Waals surface area (Å²) in [6, 6.07) is 23.5. The van der Waals surface area contributed by atoms with Gasteiger partial charge in [-0.3, -0.25) is 14.5 Å². The number of thioether (sulfide) groups is 1. The van der Waals surface area contributed by atoms with E-state index in [4.69, 9.17) is 16.7 Å². The summed E-state index contributed by atoms with van der Waals surface area (Å²) in [5, 5.41) is 7.85. The first-order valence-corrected chi connectivity index (χ1v) is 13.8. The SMILES string of the molecule is O=C(CN1C(=O)CS[C@H](c2ccccc2F)c2c(-c3ccccc3)nn(-c3ccccc3Cl)c21)NC1CC1. The Morgan fingerprint density at radius 3 is 2.47 bits per heavy atom. The molecule has 3 aromatic carbocycles. The lowest BCUT2D eigenvalue weighted by Gasteiger charge is -2.23. The van der Waals surface area contributed by atoms with Gasteiger partial charge in [-0.2, -0.15) is 5.10 Å². The van der Waals surface area contributed by atoms with Gasteiger partial charge < -0.3 is 5.32 Å². The summed E-state index contributed by atoms with van der Waals surface area (Å²) in [7, 11) is 0. The quantitative estimate of drug-likeness (QED) is 0.333. The van der Waals surface area contributed by atoms with Gasteiger partial charge in [-0.25, -0.2) is 9.07 Å². The summed E-state index contributed by atoms with van der Waals surface area (Å²) in [6.45, 7) is -0.169. The van der Waals surface area contributed by atoms with Gasteiger partial charge in [0, 0.05) is 22.7 Å². The maximum absolute atomic E-state index is 15.3. The van der Waals surface area contributed by atoms with Crippen molar-refractivity contribution in [2.75, 3.05) is 17.2 Å². The highest BCUT2D eigenvalue weighted by Crippen LogP contribution is 2.49. The number of para-hydroxylation sites is 1. The van der Waals surface area contributed by atoms with Crippen molar-refractivity contribution >= 4 is 41.0 Å². The van der Waals surface area contributed by atoms with Crippen LogP contribution in [-0.4, -0.2) is 39.9 Å². The van der Waals surface area contributed by atoms with Gasteiger partial charge in [0.25, 0.3) is 0 Å². The Bertz CT molecular complexity index is 1520. The fourth-order valence-electron chi connectivity index (χ4n) is 4.70. The van der Waals surface area contributed by atoms with Gasteiger partial charge in [-0.1, -0.05) is 72.3 Å². The van der Waals surface area contributed by atoms with E-state index >= 15 is 4.39 Å². The number of nitrogens with one attached hydrogen (secondary N) is 1. The monoisotopic (exact) mass is 546 g/mol. The largest absolute Gasteiger partial charge is 0.352 e. The van der Waals surface area contributed by atoms with Crippen LogP contribution in [0.5, 0.6) is 0 Å². The molecule has 1 fully saturated rings. The summed E-state index contributed by atoms with van der Waals surface area (Å²) < 4.78 is 16.9. The summed E-state index contributed by atoms with van der Waals surface area (Å²) in [5.74, 6) is -0.372. The maximum atomic E-state index is 15.3. The fraction of sp³-hybridized carbons (Fsp3) is 0.207. The molecule has 1 aliphatic carbocycles. The van der Waals surface area contributed by atoms with Gasteiger partial charge in [0.05, 0.1) is 27.4 Å². The first kappa shape index (κ1) is 24.7. The lowest BCUT2D eigenvalue weighted by molar-refractivity contribution is -0.123. The number of halogens is 2. The van der Waals surface area contributed by atoms with Crippen LogP contribution in [-0.2, 0) is 9.59 Å². The van der Waals surface area contributed by atoms with E-state index in [0.29, 0.717) is 33.3 Å². The number of nitrogens with zero attached hydrogens (tertiary/aromatic N) is 3. The highest BCUT2D eigenvalue weighted by molar-refractivity contribution is 8.00. The molecule has 1 aliphatic heterocycles. The van der Waals surface area contributed by atoms with Gasteiger partial charge in [0.1, 0.15) is 18.2 Å². The number of anilines is 1. The van der Waals surface area contributed by atoms with E-state index in [1.165, 1.54) is 22.7 Å². The molecule has 0 unspecified atom stereocenters. The lowest BCUT2D eigenvalue weighted by Crippen LogP contribution is -2.43. The molecule has 0 spiro atoms. The molecule has 6 nitrogen and oxygen atoms in total. The van der Waals surface area contributed by atoms with E-state index in [1.807, 2.05) is 48.5 Å². The number of rotatable bonds is 6. The maximum Gasteiger partial charge on any atom is 0.240 e. The van der Waals surface area contributed by atoms with Gasteiger partial charge in [0.15, 0.2) is 0 Å². The van der Waals surface area contributed by atoms with E-state index in [1.54, 1.807) is 28.9 Å². The van der Waals surface area contributed by atoms with Crippen molar-refractivity contribution in [3.05, 3.63) is 101 Å². The second kappa shape index (κ2) is 10.3. The molecule has 192 valence electrons. The molecule has 2 amide bonds. The molecule has 0 radical (unpaired) electrons. The van der Waals surface area contributed by atoms with Gasteiger partial charge in [-0.05, 0) is 31.0 Å². The Balaban J connectivity index is 1.63. The first-order valence-electron chi connectivity index (χ1n) is 12.4. The minimum Gasteiger partial charge on any atom is -0.352 e. The number of carbonyl (C=O) groups excluding carboxylic acids is 2. The van der Waals surface area contributed by atoms with Gasteiger partial charge >= 0.3 is 0 Å². The van der Waals surface area contributed by atoms with Crippen molar-refractivity contribution in [1.82, 2.24) is 15.1 Å². The molecular weight excluding hydrogens is 523 g/mol. The molecule has 1 aromatic heterocycles. The van der Waals surface area contributed by atoms with Crippen molar-refractivity contribution in [3.63, 3.8) is 0 Å². The van der Waals surface area contributed by atoms with Crippen LogP contribution in [0.3, 0.4) is 0 Å². The molecule has 1 saturated carbocycles. The number of amides is 2. The Kier molecular flexibility index (Phi) is 6.68. The Morgan fingerprint density at radius 2 is 1.74 bits per heavy atom. The molecule has 4 aromatic rings. The second-order valence-electron chi connectivity index (χ2n) is 9.35. The summed E-state index contributed by atoms with van der Waals surface area (Å²) >= 11 is 7.97. The number of benzene rings is 3. The minimum atomic E-state index is -0.543. The zero-order chi connectivity index (χ0) is 26.2. The summed E-state index contributed by atoms with van der Waals surface area (Å²) in [4.78, 5) is 28.1. The van der Waals surface area contributed by atoms with Gasteiger partial charge in [0.2, 0.25) is 11.8 Å². The second-order valence-corrected chi connectivity index (χ2v) is 10.8. The van der Waals surface area contributed by atoms with Crippen LogP contribution in [0.15, 0.2) is 78.9 Å². The van der Waals surface area contributed by atoms with Crippen molar-refractivity contribution in [1.29, 1.82) is 0 Å². The standard InChI is InChI=1S/C29H24ClFN4O2S/c30-21-11-5-7-13-23(21)35-29-26(27(33-35)18-8-2-1-3-9-18)28(20-10-4-6-12-22(20)31)38-17-25(37)34(29)16-24(36)32-19-14-15-19/h1-13,19,28H,14-17H2,(H,32,36)/t28-/m1/s1. The van der Waals surface area contributed by atoms with Crippen molar-refractivity contribution in [2.45, 2.75) is 24.1 Å². The average Bonchev–Trinajstić information content (AvgIpc) is 3.68. The van der Waals surface area contributed by atoms with E-state index in [2.05, 4.69) is 5.32 Å². The molecule has 9 heteroatoms. The molecule has 1 N–H and O–H groups in total. The van der Waals surface area contributed by atoms with Crippen LogP contribution in [0.1, 0.15) is 29.2 Å². The third-order valence-corrected chi connectivity index (χ3v) is 8.20. The first-order chi connectivity index (χ1) is 18.5. The number of fused-ring (bicyclic) bond motifs is 1. The van der Waals surface area contributed by atoms with E-state index in [-0.39, 0.29) is 36.0 Å². The summed E-state index contributed by atoms with van der Waals surface area (Å²) in [5.41, 5.74) is 3.09. The van der Waals surface area contributed by atoms with Crippen LogP contribution in [0.25, 0.3) is 16.9 Å². The van der Waals surface area contributed by atoms with Crippen molar-refractivity contribution < 1.29 is 14.0 Å². The lowest BCUT2D eigenvalue weighted by atomic mass is 9.99. The Labute approximate surface area is 228 Å². The molecule has 2 aliphatic rings. The van der Waals surface area contributed by atoms with E-state index < -0.39 is 5.25 Å². The van der Waals surface area contributed by atoms with Crippen LogP contribution >= 0.6 is 23.4 Å². The zero-order valence-corrected chi connectivity index (χ0v) is 21.9. The topological polar surface area (TPSA) is 67.2 Å². The Hall–Kier alpha value is -3.62. The highest BCUT2D eigenvalue weighted by Gasteiger charge is 2.39. The highest BCUT2D eigenvalue weighted by atomic mass is 35.5. The smallest absolute Gasteiger partial charge is 0.240 e. The molecule has 0 saturated heterocycles. The normalized spacial score (nSPS) is 17.2. The third kappa shape index (κ3) is 4.70. The van der Waals surface area contributed by atoms with Gasteiger partial charge in [-0.15, -0.1) is 11.8 Å². The molecular formula is C29H24ClFN4O2S. The third-order valence-electron chi connectivity index (χ3n) is 6.65. The van der Waals surface area contributed by atoms with Crippen LogP contribution in [0.4, 0.5) is 10.2 Å². The van der Waals surface area contributed by atoms with E-state index in [9.17, 15) is 9.59 Å². The van der Waals surface area contributed by atoms with Crippen molar-refractivity contribution in [3.8, 4) is 16.9 Å². The number of hydrogen-bond donors (Lipinski definition) is 1. The number of hydrogen-bond acceptors (Lipinski definition) is 4. The predicted molar refractivity (Wildman–Crippen MR) is 148 cm³/mol. The molecule has 0 bridgehead atoms. The average molecular weight is 547 g/mol. The van der Waals surface area contributed by atoms with E-state index in [0.717, 1.165) is 18.4 Å².